The lowest BCUT2D eigenvalue weighted by atomic mass is 10.00. The number of methoxy groups -OCH3 is 1. The summed E-state index contributed by atoms with van der Waals surface area (Å²) in [6.45, 7) is 1.71. The van der Waals surface area contributed by atoms with Gasteiger partial charge in [0, 0.05) is 22.3 Å². The maximum absolute atomic E-state index is 13.1. The first-order valence-corrected chi connectivity index (χ1v) is 9.39. The molecule has 0 spiro atoms. The van der Waals surface area contributed by atoms with Crippen LogP contribution in [0.15, 0.2) is 66.0 Å². The molecule has 1 aliphatic heterocycles. The highest BCUT2D eigenvalue weighted by Crippen LogP contribution is 2.23. The van der Waals surface area contributed by atoms with Gasteiger partial charge in [-0.15, -0.1) is 0 Å². The number of aromatic amines is 1. The average molecular weight is 403 g/mol. The highest BCUT2D eigenvalue weighted by molar-refractivity contribution is 6.07. The van der Waals surface area contributed by atoms with E-state index >= 15 is 0 Å². The van der Waals surface area contributed by atoms with Gasteiger partial charge in [0.15, 0.2) is 0 Å². The van der Waals surface area contributed by atoms with Gasteiger partial charge in [-0.3, -0.25) is 9.89 Å². The molecule has 1 atom stereocenters. The van der Waals surface area contributed by atoms with Crippen LogP contribution in [0.3, 0.4) is 0 Å². The molecule has 30 heavy (non-hydrogen) atoms. The Morgan fingerprint density at radius 1 is 1.23 bits per heavy atom. The Morgan fingerprint density at radius 2 is 2.07 bits per heavy atom. The standard InChI is InChI=1S/C22H21N5O3/c1-13-20(21(28)25-16-8-10-17-15(11-16)12-23-27-17)18(26-22(29)24-13)9-7-14-5-3-4-6-19(14)30-2/h3-12,18H,1-2H3,(H,23,27)(H,25,28)(H2,24,26,29)/b9-7+. The van der Waals surface area contributed by atoms with Crippen molar-refractivity contribution in [2.24, 2.45) is 0 Å². The summed E-state index contributed by atoms with van der Waals surface area (Å²) in [6.07, 6.45) is 5.29. The van der Waals surface area contributed by atoms with Crippen LogP contribution in [0.25, 0.3) is 17.0 Å². The van der Waals surface area contributed by atoms with E-state index in [-0.39, 0.29) is 11.9 Å². The third kappa shape index (κ3) is 3.88. The van der Waals surface area contributed by atoms with Crippen molar-refractivity contribution in [1.29, 1.82) is 0 Å². The fraction of sp³-hybridized carbons (Fsp3) is 0.136. The van der Waals surface area contributed by atoms with E-state index in [1.807, 2.05) is 42.5 Å². The second kappa shape index (κ2) is 8.12. The molecule has 0 bridgehead atoms. The molecule has 3 amide bonds. The van der Waals surface area contributed by atoms with Crippen LogP contribution in [0.1, 0.15) is 12.5 Å². The molecule has 0 radical (unpaired) electrons. The molecule has 0 saturated heterocycles. The van der Waals surface area contributed by atoms with Crippen molar-refractivity contribution in [1.82, 2.24) is 20.8 Å². The molecule has 1 aromatic heterocycles. The van der Waals surface area contributed by atoms with Gasteiger partial charge in [0.05, 0.1) is 30.4 Å². The zero-order chi connectivity index (χ0) is 21.1. The van der Waals surface area contributed by atoms with Crippen molar-refractivity contribution in [2.75, 3.05) is 12.4 Å². The lowest BCUT2D eigenvalue weighted by Gasteiger charge is -2.26. The number of rotatable bonds is 5. The largest absolute Gasteiger partial charge is 0.496 e. The fourth-order valence-corrected chi connectivity index (χ4v) is 3.40. The first-order valence-electron chi connectivity index (χ1n) is 9.39. The van der Waals surface area contributed by atoms with Crippen LogP contribution in [0, 0.1) is 0 Å². The normalized spacial score (nSPS) is 16.5. The summed E-state index contributed by atoms with van der Waals surface area (Å²) in [5, 5.41) is 16.1. The molecule has 1 aliphatic rings. The van der Waals surface area contributed by atoms with E-state index < -0.39 is 6.04 Å². The van der Waals surface area contributed by atoms with Crippen LogP contribution in [0.5, 0.6) is 5.75 Å². The minimum atomic E-state index is -0.596. The third-order valence-electron chi connectivity index (χ3n) is 4.85. The van der Waals surface area contributed by atoms with Crippen LogP contribution < -0.4 is 20.7 Å². The molecule has 4 N–H and O–H groups in total. The van der Waals surface area contributed by atoms with E-state index in [2.05, 4.69) is 26.1 Å². The Morgan fingerprint density at radius 3 is 2.90 bits per heavy atom. The zero-order valence-corrected chi connectivity index (χ0v) is 16.5. The number of hydrogen-bond acceptors (Lipinski definition) is 4. The summed E-state index contributed by atoms with van der Waals surface area (Å²) >= 11 is 0. The fourth-order valence-electron chi connectivity index (χ4n) is 3.40. The number of amides is 3. The van der Waals surface area contributed by atoms with Gasteiger partial charge < -0.3 is 20.7 Å². The average Bonchev–Trinajstić information content (AvgIpc) is 3.19. The molecule has 8 nitrogen and oxygen atoms in total. The molecular weight excluding hydrogens is 382 g/mol. The Bertz CT molecular complexity index is 1180. The lowest BCUT2D eigenvalue weighted by Crippen LogP contribution is -2.49. The van der Waals surface area contributed by atoms with E-state index in [1.165, 1.54) is 0 Å². The summed E-state index contributed by atoms with van der Waals surface area (Å²) < 4.78 is 5.36. The number of para-hydroxylation sites is 1. The number of carbonyl (C=O) groups excluding carboxylic acids is 2. The number of nitrogens with one attached hydrogen (secondary N) is 4. The molecule has 0 fully saturated rings. The number of aromatic nitrogens is 2. The maximum Gasteiger partial charge on any atom is 0.319 e. The Labute approximate surface area is 173 Å². The quantitative estimate of drug-likeness (QED) is 0.525. The van der Waals surface area contributed by atoms with E-state index in [4.69, 9.17) is 4.74 Å². The van der Waals surface area contributed by atoms with Crippen molar-refractivity contribution in [3.8, 4) is 5.75 Å². The Kier molecular flexibility index (Phi) is 5.21. The van der Waals surface area contributed by atoms with E-state index in [0.717, 1.165) is 16.5 Å². The molecule has 1 unspecified atom stereocenters. The second-order valence-corrected chi connectivity index (χ2v) is 6.84. The van der Waals surface area contributed by atoms with E-state index in [0.29, 0.717) is 22.7 Å². The highest BCUT2D eigenvalue weighted by atomic mass is 16.5. The molecule has 0 aliphatic carbocycles. The SMILES string of the molecule is COc1ccccc1/C=C/C1NC(=O)NC(C)=C1C(=O)Nc1ccc2[nH]ncc2c1. The van der Waals surface area contributed by atoms with Gasteiger partial charge in [-0.1, -0.05) is 30.4 Å². The number of ether oxygens (including phenoxy) is 1. The number of allylic oxidation sites excluding steroid dienone is 1. The summed E-state index contributed by atoms with van der Waals surface area (Å²) in [7, 11) is 1.60. The molecule has 3 aromatic rings. The minimum absolute atomic E-state index is 0.308. The Hall–Kier alpha value is -4.07. The highest BCUT2D eigenvalue weighted by Gasteiger charge is 2.28. The summed E-state index contributed by atoms with van der Waals surface area (Å²) in [5.74, 6) is 0.395. The smallest absolute Gasteiger partial charge is 0.319 e. The summed E-state index contributed by atoms with van der Waals surface area (Å²) in [4.78, 5) is 25.1. The molecule has 152 valence electrons. The van der Waals surface area contributed by atoms with Crippen LogP contribution in [0.2, 0.25) is 0 Å². The number of hydrogen-bond donors (Lipinski definition) is 4. The molecule has 8 heteroatoms. The monoisotopic (exact) mass is 403 g/mol. The number of nitrogens with zero attached hydrogens (tertiary/aromatic N) is 1. The number of benzene rings is 2. The molecular formula is C22H21N5O3. The molecule has 2 heterocycles. The van der Waals surface area contributed by atoms with Crippen molar-refractivity contribution >= 4 is 34.6 Å². The third-order valence-corrected chi connectivity index (χ3v) is 4.85. The van der Waals surface area contributed by atoms with Crippen LogP contribution in [0.4, 0.5) is 10.5 Å². The van der Waals surface area contributed by atoms with Gasteiger partial charge in [0.25, 0.3) is 5.91 Å². The van der Waals surface area contributed by atoms with Crippen molar-refractivity contribution in [3.05, 3.63) is 71.6 Å². The molecule has 2 aromatic carbocycles. The number of H-pyrrole nitrogens is 1. The van der Waals surface area contributed by atoms with Gasteiger partial charge in [-0.2, -0.15) is 5.10 Å². The number of carbonyl (C=O) groups is 2. The van der Waals surface area contributed by atoms with Crippen molar-refractivity contribution in [3.63, 3.8) is 0 Å². The summed E-state index contributed by atoms with van der Waals surface area (Å²) in [5.41, 5.74) is 3.28. The topological polar surface area (TPSA) is 108 Å². The Balaban J connectivity index is 1.61. The lowest BCUT2D eigenvalue weighted by molar-refractivity contribution is -0.113. The van der Waals surface area contributed by atoms with Crippen LogP contribution >= 0.6 is 0 Å². The number of anilines is 1. The van der Waals surface area contributed by atoms with Gasteiger partial charge >= 0.3 is 6.03 Å². The second-order valence-electron chi connectivity index (χ2n) is 6.84. The number of fused-ring (bicyclic) bond motifs is 1. The predicted molar refractivity (Wildman–Crippen MR) is 115 cm³/mol. The molecule has 4 rings (SSSR count). The van der Waals surface area contributed by atoms with Crippen LogP contribution in [-0.4, -0.2) is 35.3 Å². The van der Waals surface area contributed by atoms with Crippen LogP contribution in [-0.2, 0) is 4.79 Å². The van der Waals surface area contributed by atoms with Crippen molar-refractivity contribution in [2.45, 2.75) is 13.0 Å². The number of urea groups is 1. The molecule has 0 saturated carbocycles. The van der Waals surface area contributed by atoms with E-state index in [9.17, 15) is 9.59 Å². The maximum atomic E-state index is 13.1. The first kappa shape index (κ1) is 19.3. The van der Waals surface area contributed by atoms with E-state index in [1.54, 1.807) is 32.4 Å². The van der Waals surface area contributed by atoms with Gasteiger partial charge in [0.1, 0.15) is 5.75 Å². The van der Waals surface area contributed by atoms with Gasteiger partial charge in [-0.25, -0.2) is 4.79 Å². The first-order chi connectivity index (χ1) is 14.5. The van der Waals surface area contributed by atoms with Gasteiger partial charge in [-0.05, 0) is 31.2 Å². The summed E-state index contributed by atoms with van der Waals surface area (Å²) in [6, 6.07) is 12.0. The van der Waals surface area contributed by atoms with Gasteiger partial charge in [0.2, 0.25) is 0 Å². The predicted octanol–water partition coefficient (Wildman–Crippen LogP) is 3.18. The zero-order valence-electron chi connectivity index (χ0n) is 16.5. The minimum Gasteiger partial charge on any atom is -0.496 e. The van der Waals surface area contributed by atoms with Crippen molar-refractivity contribution < 1.29 is 14.3 Å².